The van der Waals surface area contributed by atoms with Gasteiger partial charge in [-0.15, -0.1) is 11.8 Å². The molecule has 1 amide bonds. The van der Waals surface area contributed by atoms with Gasteiger partial charge >= 0.3 is 0 Å². The number of pyridine rings is 1. The van der Waals surface area contributed by atoms with Crippen LogP contribution in [0.25, 0.3) is 16.9 Å². The minimum atomic E-state index is -0.122. The summed E-state index contributed by atoms with van der Waals surface area (Å²) in [5, 5.41) is 7.96. The summed E-state index contributed by atoms with van der Waals surface area (Å²) < 4.78 is 1.75. The molecule has 0 radical (unpaired) electrons. The highest BCUT2D eigenvalue weighted by Gasteiger charge is 2.25. The Morgan fingerprint density at radius 2 is 1.87 bits per heavy atom. The Kier molecular flexibility index (Phi) is 5.07. The third kappa shape index (κ3) is 3.62. The molecule has 1 aliphatic rings. The molecule has 1 aliphatic heterocycles. The molecule has 2 aromatic carbocycles. The number of fused-ring (bicyclic) bond motifs is 1. The number of thioether (sulfide) groups is 1. The number of aromatic nitrogens is 3. The topological polar surface area (TPSA) is 59.8 Å². The third-order valence-electron chi connectivity index (χ3n) is 5.18. The molecule has 0 spiro atoms. The minimum absolute atomic E-state index is 0.00299. The van der Waals surface area contributed by atoms with E-state index >= 15 is 0 Å². The largest absolute Gasteiger partial charge is 0.345 e. The third-order valence-corrected chi connectivity index (χ3v) is 6.30. The Balaban J connectivity index is 1.52. The summed E-state index contributed by atoms with van der Waals surface area (Å²) in [4.78, 5) is 18.8. The molecular weight excluding hydrogens is 392 g/mol. The molecule has 0 saturated heterocycles. The van der Waals surface area contributed by atoms with Gasteiger partial charge in [0.1, 0.15) is 5.69 Å². The predicted molar refractivity (Wildman–Crippen MR) is 119 cm³/mol. The van der Waals surface area contributed by atoms with Gasteiger partial charge in [0.15, 0.2) is 0 Å². The first-order chi connectivity index (χ1) is 14.8. The Bertz CT molecular complexity index is 1170. The standard InChI is InChI=1S/C24H20N4OS/c29-24(26-21-12-14-30-22-11-5-4-10-19(21)22)20-16-28(18-8-2-1-3-9-18)27-23(20)17-7-6-13-25-15-17/h1-11,13,15-16,21H,12,14H2,(H,26,29)/t21-/m0/s1. The van der Waals surface area contributed by atoms with Crippen molar-refractivity contribution in [3.63, 3.8) is 0 Å². The van der Waals surface area contributed by atoms with Gasteiger partial charge in [-0.1, -0.05) is 36.4 Å². The van der Waals surface area contributed by atoms with Crippen LogP contribution >= 0.6 is 11.8 Å². The Morgan fingerprint density at radius 1 is 1.03 bits per heavy atom. The van der Waals surface area contributed by atoms with Crippen LogP contribution in [0, 0.1) is 0 Å². The summed E-state index contributed by atoms with van der Waals surface area (Å²) in [6, 6.07) is 21.9. The number of nitrogens with one attached hydrogen (secondary N) is 1. The number of amides is 1. The lowest BCUT2D eigenvalue weighted by molar-refractivity contribution is 0.0935. The second-order valence-corrected chi connectivity index (χ2v) is 8.25. The maximum absolute atomic E-state index is 13.4. The van der Waals surface area contributed by atoms with E-state index in [4.69, 9.17) is 5.10 Å². The molecule has 0 saturated carbocycles. The van der Waals surface area contributed by atoms with Crippen molar-refractivity contribution in [1.82, 2.24) is 20.1 Å². The molecule has 2 aromatic heterocycles. The summed E-state index contributed by atoms with van der Waals surface area (Å²) in [5.74, 6) is 0.864. The van der Waals surface area contributed by atoms with E-state index in [0.717, 1.165) is 23.4 Å². The first-order valence-corrected chi connectivity index (χ1v) is 10.9. The lowest BCUT2D eigenvalue weighted by Gasteiger charge is -2.25. The smallest absolute Gasteiger partial charge is 0.255 e. The first-order valence-electron chi connectivity index (χ1n) is 9.88. The SMILES string of the molecule is O=C(N[C@H]1CCSc2ccccc21)c1cn(-c2ccccc2)nc1-c1cccnc1. The fourth-order valence-electron chi connectivity index (χ4n) is 3.70. The summed E-state index contributed by atoms with van der Waals surface area (Å²) in [5.41, 5.74) is 4.07. The molecule has 4 aromatic rings. The van der Waals surface area contributed by atoms with E-state index in [1.165, 1.54) is 10.5 Å². The fraction of sp³-hybridized carbons (Fsp3) is 0.125. The zero-order valence-corrected chi connectivity index (χ0v) is 17.0. The van der Waals surface area contributed by atoms with Crippen LogP contribution < -0.4 is 5.32 Å². The van der Waals surface area contributed by atoms with Crippen LogP contribution in [0.4, 0.5) is 0 Å². The Hall–Kier alpha value is -3.38. The van der Waals surface area contributed by atoms with Crippen molar-refractivity contribution >= 4 is 17.7 Å². The van der Waals surface area contributed by atoms with E-state index < -0.39 is 0 Å². The lowest BCUT2D eigenvalue weighted by atomic mass is 10.0. The van der Waals surface area contributed by atoms with Crippen molar-refractivity contribution in [2.45, 2.75) is 17.4 Å². The van der Waals surface area contributed by atoms with Gasteiger partial charge in [0.2, 0.25) is 0 Å². The molecule has 1 N–H and O–H groups in total. The van der Waals surface area contributed by atoms with Gasteiger partial charge in [-0.05, 0) is 42.3 Å². The van der Waals surface area contributed by atoms with Crippen molar-refractivity contribution < 1.29 is 4.79 Å². The highest BCUT2D eigenvalue weighted by atomic mass is 32.2. The molecule has 0 fully saturated rings. The molecule has 5 nitrogen and oxygen atoms in total. The number of carbonyl (C=O) groups excluding carboxylic acids is 1. The highest BCUT2D eigenvalue weighted by molar-refractivity contribution is 7.99. The second kappa shape index (κ2) is 8.16. The summed E-state index contributed by atoms with van der Waals surface area (Å²) >= 11 is 1.84. The van der Waals surface area contributed by atoms with Crippen LogP contribution in [0.15, 0.2) is 90.2 Å². The molecule has 0 unspecified atom stereocenters. The van der Waals surface area contributed by atoms with Gasteiger partial charge < -0.3 is 5.32 Å². The molecule has 0 aliphatic carbocycles. The van der Waals surface area contributed by atoms with Crippen LogP contribution in [-0.4, -0.2) is 26.4 Å². The molecule has 3 heterocycles. The number of hydrogen-bond donors (Lipinski definition) is 1. The number of rotatable bonds is 4. The zero-order chi connectivity index (χ0) is 20.3. The molecule has 30 heavy (non-hydrogen) atoms. The number of para-hydroxylation sites is 1. The van der Waals surface area contributed by atoms with Gasteiger partial charge in [0.25, 0.3) is 5.91 Å². The number of nitrogens with zero attached hydrogens (tertiary/aromatic N) is 3. The quantitative estimate of drug-likeness (QED) is 0.518. The lowest BCUT2D eigenvalue weighted by Crippen LogP contribution is -2.30. The number of carbonyl (C=O) groups is 1. The van der Waals surface area contributed by atoms with E-state index in [-0.39, 0.29) is 11.9 Å². The zero-order valence-electron chi connectivity index (χ0n) is 16.2. The van der Waals surface area contributed by atoms with Crippen molar-refractivity contribution in [3.05, 3.63) is 96.4 Å². The van der Waals surface area contributed by atoms with Gasteiger partial charge in [0, 0.05) is 34.8 Å². The van der Waals surface area contributed by atoms with Crippen molar-refractivity contribution in [2.75, 3.05) is 5.75 Å². The predicted octanol–water partition coefficient (Wildman–Crippen LogP) is 4.90. The van der Waals surface area contributed by atoms with Crippen molar-refractivity contribution in [1.29, 1.82) is 0 Å². The summed E-state index contributed by atoms with van der Waals surface area (Å²) in [6.07, 6.45) is 6.16. The van der Waals surface area contributed by atoms with E-state index in [9.17, 15) is 4.79 Å². The van der Waals surface area contributed by atoms with Gasteiger partial charge in [0.05, 0.1) is 17.3 Å². The maximum Gasteiger partial charge on any atom is 0.255 e. The number of benzene rings is 2. The Labute approximate surface area is 179 Å². The summed E-state index contributed by atoms with van der Waals surface area (Å²) in [6.45, 7) is 0. The van der Waals surface area contributed by atoms with Crippen LogP contribution in [0.5, 0.6) is 0 Å². The average Bonchev–Trinajstić information content (AvgIpc) is 3.26. The van der Waals surface area contributed by atoms with E-state index in [0.29, 0.717) is 11.3 Å². The van der Waals surface area contributed by atoms with E-state index in [2.05, 4.69) is 22.4 Å². The minimum Gasteiger partial charge on any atom is -0.345 e. The van der Waals surface area contributed by atoms with Crippen LogP contribution in [0.2, 0.25) is 0 Å². The van der Waals surface area contributed by atoms with Crippen molar-refractivity contribution in [2.24, 2.45) is 0 Å². The van der Waals surface area contributed by atoms with E-state index in [1.807, 2.05) is 66.4 Å². The number of hydrogen-bond acceptors (Lipinski definition) is 4. The van der Waals surface area contributed by atoms with Crippen LogP contribution in [0.1, 0.15) is 28.4 Å². The van der Waals surface area contributed by atoms with Crippen LogP contribution in [0.3, 0.4) is 0 Å². The molecule has 1 atom stereocenters. The molecular formula is C24H20N4OS. The molecule has 148 valence electrons. The van der Waals surface area contributed by atoms with Gasteiger partial charge in [-0.25, -0.2) is 4.68 Å². The van der Waals surface area contributed by atoms with Crippen LogP contribution in [-0.2, 0) is 0 Å². The van der Waals surface area contributed by atoms with Crippen molar-refractivity contribution in [3.8, 4) is 16.9 Å². The second-order valence-electron chi connectivity index (χ2n) is 7.11. The average molecular weight is 413 g/mol. The van der Waals surface area contributed by atoms with E-state index in [1.54, 1.807) is 23.3 Å². The first kappa shape index (κ1) is 18.6. The Morgan fingerprint density at radius 3 is 2.70 bits per heavy atom. The normalized spacial score (nSPS) is 15.4. The molecule has 0 bridgehead atoms. The van der Waals surface area contributed by atoms with Gasteiger partial charge in [-0.3, -0.25) is 9.78 Å². The molecule has 6 heteroatoms. The maximum atomic E-state index is 13.4. The summed E-state index contributed by atoms with van der Waals surface area (Å²) in [7, 11) is 0. The fourth-order valence-corrected chi connectivity index (χ4v) is 4.82. The van der Waals surface area contributed by atoms with Gasteiger partial charge in [-0.2, -0.15) is 5.10 Å². The highest BCUT2D eigenvalue weighted by Crippen LogP contribution is 2.36. The molecule has 5 rings (SSSR count). The monoisotopic (exact) mass is 412 g/mol.